The lowest BCUT2D eigenvalue weighted by molar-refractivity contribution is 0.0939. The molecule has 2 aromatic rings. The summed E-state index contributed by atoms with van der Waals surface area (Å²) in [5.41, 5.74) is 1.33. The van der Waals surface area contributed by atoms with Crippen molar-refractivity contribution in [2.45, 2.75) is 26.8 Å². The van der Waals surface area contributed by atoms with E-state index >= 15 is 0 Å². The van der Waals surface area contributed by atoms with Gasteiger partial charge in [-0.25, -0.2) is 0 Å². The maximum absolute atomic E-state index is 12.1. The Bertz CT molecular complexity index is 607. The molecule has 2 aromatic heterocycles. The lowest BCUT2D eigenvalue weighted by Crippen LogP contribution is -2.27. The Morgan fingerprint density at radius 1 is 1.47 bits per heavy atom. The quantitative estimate of drug-likeness (QED) is 0.936. The summed E-state index contributed by atoms with van der Waals surface area (Å²) in [4.78, 5) is 16.0. The minimum atomic E-state index is -0.246. The van der Waals surface area contributed by atoms with Crippen LogP contribution in [0.5, 0.6) is 0 Å². The minimum absolute atomic E-state index is 0.152. The highest BCUT2D eigenvalue weighted by atomic mass is 35.5. The third-order valence-electron chi connectivity index (χ3n) is 2.91. The van der Waals surface area contributed by atoms with Gasteiger partial charge in [0.25, 0.3) is 5.91 Å². The summed E-state index contributed by atoms with van der Waals surface area (Å²) in [7, 11) is 0. The van der Waals surface area contributed by atoms with Crippen LogP contribution >= 0.6 is 11.6 Å². The Morgan fingerprint density at radius 2 is 2.21 bits per heavy atom. The number of rotatable bonds is 3. The summed E-state index contributed by atoms with van der Waals surface area (Å²) in [6.07, 6.45) is 3.00. The van der Waals surface area contributed by atoms with Crippen LogP contribution in [0, 0.1) is 13.8 Å². The van der Waals surface area contributed by atoms with Crippen molar-refractivity contribution in [1.82, 2.24) is 10.3 Å². The first kappa shape index (κ1) is 13.6. The molecule has 19 heavy (non-hydrogen) atoms. The molecule has 0 bridgehead atoms. The van der Waals surface area contributed by atoms with Crippen LogP contribution in [0.15, 0.2) is 28.9 Å². The van der Waals surface area contributed by atoms with Crippen molar-refractivity contribution >= 4 is 17.5 Å². The van der Waals surface area contributed by atoms with Gasteiger partial charge in [-0.1, -0.05) is 11.6 Å². The lowest BCUT2D eigenvalue weighted by Gasteiger charge is -2.13. The average Bonchev–Trinajstić information content (AvgIpc) is 2.69. The minimum Gasteiger partial charge on any atom is -0.466 e. The van der Waals surface area contributed by atoms with Gasteiger partial charge >= 0.3 is 0 Å². The molecule has 2 rings (SSSR count). The number of aromatic nitrogens is 1. The van der Waals surface area contributed by atoms with E-state index in [4.69, 9.17) is 16.0 Å². The van der Waals surface area contributed by atoms with Crippen LogP contribution < -0.4 is 5.32 Å². The highest BCUT2D eigenvalue weighted by molar-refractivity contribution is 6.33. The van der Waals surface area contributed by atoms with Gasteiger partial charge in [0.2, 0.25) is 0 Å². The number of hydrogen-bond acceptors (Lipinski definition) is 3. The number of pyridine rings is 1. The second-order valence-electron chi connectivity index (χ2n) is 4.42. The van der Waals surface area contributed by atoms with E-state index in [0.29, 0.717) is 10.6 Å². The number of carbonyl (C=O) groups excluding carboxylic acids is 1. The highest BCUT2D eigenvalue weighted by Crippen LogP contribution is 2.22. The summed E-state index contributed by atoms with van der Waals surface area (Å²) in [6, 6.07) is 3.36. The standard InChI is InChI=1S/C14H15ClN2O2/c1-8-6-11(10(3)19-8)9(2)17-14(18)12-7-16-5-4-13(12)15/h4-7,9H,1-3H3,(H,17,18). The van der Waals surface area contributed by atoms with Crippen LogP contribution in [0.1, 0.15) is 40.4 Å². The summed E-state index contributed by atoms with van der Waals surface area (Å²) in [5.74, 6) is 1.39. The maximum Gasteiger partial charge on any atom is 0.254 e. The molecule has 0 aromatic carbocycles. The number of halogens is 1. The Balaban J connectivity index is 2.15. The van der Waals surface area contributed by atoms with Gasteiger partial charge in [-0.15, -0.1) is 0 Å². The fourth-order valence-corrected chi connectivity index (χ4v) is 2.17. The van der Waals surface area contributed by atoms with E-state index in [0.717, 1.165) is 17.1 Å². The van der Waals surface area contributed by atoms with Crippen LogP contribution in [0.3, 0.4) is 0 Å². The Morgan fingerprint density at radius 3 is 2.79 bits per heavy atom. The topological polar surface area (TPSA) is 55.1 Å². The monoisotopic (exact) mass is 278 g/mol. The molecule has 0 radical (unpaired) electrons. The lowest BCUT2D eigenvalue weighted by atomic mass is 10.1. The Labute approximate surface area is 116 Å². The number of furan rings is 1. The van der Waals surface area contributed by atoms with Gasteiger partial charge in [0.15, 0.2) is 0 Å². The maximum atomic E-state index is 12.1. The second kappa shape index (κ2) is 5.45. The van der Waals surface area contributed by atoms with Crippen LogP contribution in [-0.2, 0) is 0 Å². The van der Waals surface area contributed by atoms with Gasteiger partial charge in [-0.2, -0.15) is 0 Å². The average molecular weight is 279 g/mol. The van der Waals surface area contributed by atoms with Crippen molar-refractivity contribution in [3.8, 4) is 0 Å². The summed E-state index contributed by atoms with van der Waals surface area (Å²) in [6.45, 7) is 5.66. The van der Waals surface area contributed by atoms with Crippen LogP contribution in [0.25, 0.3) is 0 Å². The Kier molecular flexibility index (Phi) is 3.90. The van der Waals surface area contributed by atoms with Crippen molar-refractivity contribution in [2.75, 3.05) is 0 Å². The van der Waals surface area contributed by atoms with Crippen LogP contribution in [0.4, 0.5) is 0 Å². The summed E-state index contributed by atoms with van der Waals surface area (Å²) in [5, 5.41) is 3.27. The molecule has 1 amide bonds. The SMILES string of the molecule is Cc1cc(C(C)NC(=O)c2cnccc2Cl)c(C)o1. The molecule has 0 saturated heterocycles. The number of amides is 1. The molecule has 0 aliphatic carbocycles. The van der Waals surface area contributed by atoms with E-state index in [1.165, 1.54) is 6.20 Å². The first-order chi connectivity index (χ1) is 8.99. The van der Waals surface area contributed by atoms with Crippen molar-refractivity contribution in [1.29, 1.82) is 0 Å². The fraction of sp³-hybridized carbons (Fsp3) is 0.286. The van der Waals surface area contributed by atoms with Crippen molar-refractivity contribution in [3.63, 3.8) is 0 Å². The fourth-order valence-electron chi connectivity index (χ4n) is 1.98. The Hall–Kier alpha value is -1.81. The molecule has 5 heteroatoms. The molecule has 0 fully saturated rings. The molecule has 1 N–H and O–H groups in total. The predicted molar refractivity (Wildman–Crippen MR) is 73.3 cm³/mol. The third kappa shape index (κ3) is 2.96. The van der Waals surface area contributed by atoms with Gasteiger partial charge in [0.1, 0.15) is 11.5 Å². The largest absolute Gasteiger partial charge is 0.466 e. The van der Waals surface area contributed by atoms with Crippen LogP contribution in [-0.4, -0.2) is 10.9 Å². The molecular weight excluding hydrogens is 264 g/mol. The molecular formula is C14H15ClN2O2. The van der Waals surface area contributed by atoms with Crippen molar-refractivity contribution in [2.24, 2.45) is 0 Å². The van der Waals surface area contributed by atoms with E-state index < -0.39 is 0 Å². The zero-order valence-corrected chi connectivity index (χ0v) is 11.8. The first-order valence-corrected chi connectivity index (χ1v) is 6.34. The van der Waals surface area contributed by atoms with Gasteiger partial charge in [-0.3, -0.25) is 9.78 Å². The summed E-state index contributed by atoms with van der Waals surface area (Å²) >= 11 is 5.96. The molecule has 1 unspecified atom stereocenters. The van der Waals surface area contributed by atoms with Gasteiger partial charge < -0.3 is 9.73 Å². The van der Waals surface area contributed by atoms with Crippen molar-refractivity contribution in [3.05, 3.63) is 52.2 Å². The normalized spacial score (nSPS) is 12.2. The van der Waals surface area contributed by atoms with Crippen molar-refractivity contribution < 1.29 is 9.21 Å². The van der Waals surface area contributed by atoms with E-state index in [2.05, 4.69) is 10.3 Å². The molecule has 0 spiro atoms. The number of carbonyl (C=O) groups is 1. The third-order valence-corrected chi connectivity index (χ3v) is 3.24. The smallest absolute Gasteiger partial charge is 0.254 e. The van der Waals surface area contributed by atoms with Crippen LogP contribution in [0.2, 0.25) is 5.02 Å². The molecule has 100 valence electrons. The zero-order chi connectivity index (χ0) is 14.0. The molecule has 0 aliphatic rings. The molecule has 1 atom stereocenters. The van der Waals surface area contributed by atoms with E-state index in [1.807, 2.05) is 26.8 Å². The highest BCUT2D eigenvalue weighted by Gasteiger charge is 2.17. The molecule has 0 saturated carbocycles. The van der Waals surface area contributed by atoms with Gasteiger partial charge in [0.05, 0.1) is 16.6 Å². The summed E-state index contributed by atoms with van der Waals surface area (Å²) < 4.78 is 5.46. The number of nitrogens with one attached hydrogen (secondary N) is 1. The van der Waals surface area contributed by atoms with E-state index in [-0.39, 0.29) is 11.9 Å². The first-order valence-electron chi connectivity index (χ1n) is 5.96. The molecule has 4 nitrogen and oxygen atoms in total. The van der Waals surface area contributed by atoms with Gasteiger partial charge in [-0.05, 0) is 32.9 Å². The molecule has 0 aliphatic heterocycles. The number of hydrogen-bond donors (Lipinski definition) is 1. The van der Waals surface area contributed by atoms with E-state index in [1.54, 1.807) is 12.3 Å². The zero-order valence-electron chi connectivity index (χ0n) is 11.0. The van der Waals surface area contributed by atoms with Gasteiger partial charge in [0, 0.05) is 18.0 Å². The number of aryl methyl sites for hydroxylation is 2. The number of nitrogens with zero attached hydrogens (tertiary/aromatic N) is 1. The molecule has 2 heterocycles. The predicted octanol–water partition coefficient (Wildman–Crippen LogP) is 3.44. The second-order valence-corrected chi connectivity index (χ2v) is 4.83. The van der Waals surface area contributed by atoms with E-state index in [9.17, 15) is 4.79 Å².